The number of nitrogens with one attached hydrogen (secondary N) is 1. The Labute approximate surface area is 204 Å². The highest BCUT2D eigenvalue weighted by molar-refractivity contribution is 5.91. The first-order chi connectivity index (χ1) is 16.3. The smallest absolute Gasteiger partial charge is 0.269 e. The second kappa shape index (κ2) is 7.69. The van der Waals surface area contributed by atoms with Gasteiger partial charge in [-0.25, -0.2) is 4.98 Å². The van der Waals surface area contributed by atoms with Crippen LogP contribution in [0.3, 0.4) is 0 Å². The van der Waals surface area contributed by atoms with Crippen molar-refractivity contribution in [2.24, 2.45) is 45.8 Å². The Bertz CT molecular complexity index is 965. The van der Waals surface area contributed by atoms with E-state index in [0.29, 0.717) is 34.0 Å². The standard InChI is InChI=1S/C29H42N2O3/c1-17(34-19-6-9-24(31-16-19)26(32)30-4)21-7-8-22-20-14-25(33-5)29-15-18(29)10-13-28(29,3)23(20)11-12-27(21,22)2/h6,9,16-18,20-23,25H,7-8,10-15H2,1-5H3,(H,30,32)/t17-,18?,20-,21+,22-,23-,25?,27+,28+,29-/m0/s1. The van der Waals surface area contributed by atoms with E-state index >= 15 is 0 Å². The van der Waals surface area contributed by atoms with Crippen molar-refractivity contribution in [1.82, 2.24) is 10.3 Å². The van der Waals surface area contributed by atoms with Crippen molar-refractivity contribution in [1.29, 1.82) is 0 Å². The summed E-state index contributed by atoms with van der Waals surface area (Å²) in [5, 5.41) is 2.62. The van der Waals surface area contributed by atoms with E-state index in [1.807, 2.05) is 13.2 Å². The SMILES string of the molecule is CNC(=O)c1ccc(O[C@@H](C)[C@H]2CC[C@H]3[C@@H]4CC(OC)[C@]56CC5CC[C@]6(C)[C@H]4CC[C@]23C)cn1. The minimum absolute atomic E-state index is 0.141. The summed E-state index contributed by atoms with van der Waals surface area (Å²) < 4.78 is 12.7. The van der Waals surface area contributed by atoms with Gasteiger partial charge in [0.2, 0.25) is 0 Å². The third-order valence-corrected chi connectivity index (χ3v) is 12.0. The lowest BCUT2D eigenvalue weighted by Gasteiger charge is -2.61. The number of carbonyl (C=O) groups excluding carboxylic acids is 1. The molecule has 5 aliphatic carbocycles. The molecular weight excluding hydrogens is 424 g/mol. The number of fused-ring (bicyclic) bond motifs is 4. The molecule has 6 rings (SSSR count). The zero-order chi connectivity index (χ0) is 23.9. The maximum Gasteiger partial charge on any atom is 0.269 e. The van der Waals surface area contributed by atoms with Gasteiger partial charge in [-0.05, 0) is 105 Å². The summed E-state index contributed by atoms with van der Waals surface area (Å²) in [6.45, 7) is 7.47. The first-order valence-electron chi connectivity index (χ1n) is 13.7. The van der Waals surface area contributed by atoms with Crippen LogP contribution in [0.5, 0.6) is 5.75 Å². The predicted octanol–water partition coefficient (Wildman–Crippen LogP) is 5.49. The van der Waals surface area contributed by atoms with Crippen molar-refractivity contribution in [2.45, 2.75) is 84.3 Å². The normalized spacial score (nSPS) is 47.1. The fraction of sp³-hybridized carbons (Fsp3) is 0.793. The van der Waals surface area contributed by atoms with Crippen LogP contribution < -0.4 is 10.1 Å². The molecule has 2 unspecified atom stereocenters. The maximum absolute atomic E-state index is 11.8. The van der Waals surface area contributed by atoms with Gasteiger partial charge in [0, 0.05) is 25.5 Å². The van der Waals surface area contributed by atoms with Gasteiger partial charge in [-0.1, -0.05) is 13.8 Å². The quantitative estimate of drug-likeness (QED) is 0.623. The Morgan fingerprint density at radius 1 is 1.15 bits per heavy atom. The third-order valence-electron chi connectivity index (χ3n) is 12.0. The summed E-state index contributed by atoms with van der Waals surface area (Å²) in [7, 11) is 3.60. The Balaban J connectivity index is 1.20. The fourth-order valence-electron chi connectivity index (χ4n) is 10.4. The highest BCUT2D eigenvalue weighted by Crippen LogP contribution is 2.82. The zero-order valence-electron chi connectivity index (χ0n) is 21.6. The second-order valence-electron chi connectivity index (χ2n) is 12.7. The van der Waals surface area contributed by atoms with Crippen LogP contribution in [-0.4, -0.2) is 37.3 Å². The van der Waals surface area contributed by atoms with Crippen molar-refractivity contribution < 1.29 is 14.3 Å². The van der Waals surface area contributed by atoms with Crippen molar-refractivity contribution in [3.05, 3.63) is 24.0 Å². The van der Waals surface area contributed by atoms with E-state index in [1.54, 1.807) is 19.3 Å². The molecule has 1 amide bonds. The number of carbonyl (C=O) groups is 1. The molecular formula is C29H42N2O3. The molecule has 5 saturated carbocycles. The number of ether oxygens (including phenoxy) is 2. The molecule has 1 aromatic rings. The van der Waals surface area contributed by atoms with Gasteiger partial charge in [0.1, 0.15) is 11.4 Å². The molecule has 5 heteroatoms. The molecule has 186 valence electrons. The largest absolute Gasteiger partial charge is 0.489 e. The van der Waals surface area contributed by atoms with Crippen LogP contribution in [0.2, 0.25) is 0 Å². The average molecular weight is 467 g/mol. The highest BCUT2D eigenvalue weighted by Gasteiger charge is 2.77. The monoisotopic (exact) mass is 466 g/mol. The summed E-state index contributed by atoms with van der Waals surface area (Å²) in [6, 6.07) is 3.64. The van der Waals surface area contributed by atoms with Crippen LogP contribution in [0.1, 0.15) is 82.6 Å². The molecule has 1 spiro atoms. The summed E-state index contributed by atoms with van der Waals surface area (Å²) >= 11 is 0. The first-order valence-corrected chi connectivity index (χ1v) is 13.7. The van der Waals surface area contributed by atoms with Crippen LogP contribution in [0.25, 0.3) is 0 Å². The lowest BCUT2D eigenvalue weighted by Crippen LogP contribution is -2.57. The van der Waals surface area contributed by atoms with Crippen molar-refractivity contribution in [3.63, 3.8) is 0 Å². The summed E-state index contributed by atoms with van der Waals surface area (Å²) in [5.74, 6) is 4.53. The maximum atomic E-state index is 11.8. The summed E-state index contributed by atoms with van der Waals surface area (Å²) in [6.07, 6.45) is 13.1. The van der Waals surface area contributed by atoms with Crippen molar-refractivity contribution in [3.8, 4) is 5.75 Å². The molecule has 0 saturated heterocycles. The lowest BCUT2D eigenvalue weighted by atomic mass is 9.45. The Kier molecular flexibility index (Phi) is 5.16. The molecule has 1 heterocycles. The number of hydrogen-bond acceptors (Lipinski definition) is 4. The fourth-order valence-corrected chi connectivity index (χ4v) is 10.4. The third kappa shape index (κ3) is 2.88. The molecule has 5 fully saturated rings. The molecule has 10 atom stereocenters. The predicted molar refractivity (Wildman–Crippen MR) is 132 cm³/mol. The molecule has 0 radical (unpaired) electrons. The van der Waals surface area contributed by atoms with Gasteiger partial charge in [0.25, 0.3) is 5.91 Å². The van der Waals surface area contributed by atoms with Crippen LogP contribution in [0, 0.1) is 45.8 Å². The second-order valence-corrected chi connectivity index (χ2v) is 12.7. The van der Waals surface area contributed by atoms with Gasteiger partial charge in [0.15, 0.2) is 0 Å². The summed E-state index contributed by atoms with van der Waals surface area (Å²) in [5.41, 5.74) is 1.74. The highest BCUT2D eigenvalue weighted by atomic mass is 16.5. The average Bonchev–Trinajstić information content (AvgIpc) is 3.34. The molecule has 5 aliphatic rings. The van der Waals surface area contributed by atoms with Crippen LogP contribution in [-0.2, 0) is 4.74 Å². The van der Waals surface area contributed by atoms with Crippen LogP contribution >= 0.6 is 0 Å². The van der Waals surface area contributed by atoms with Crippen LogP contribution in [0.15, 0.2) is 18.3 Å². The van der Waals surface area contributed by atoms with E-state index in [-0.39, 0.29) is 12.0 Å². The minimum atomic E-state index is -0.167. The van der Waals surface area contributed by atoms with E-state index in [2.05, 4.69) is 31.1 Å². The molecule has 1 aromatic heterocycles. The van der Waals surface area contributed by atoms with Crippen LogP contribution in [0.4, 0.5) is 0 Å². The van der Waals surface area contributed by atoms with E-state index in [9.17, 15) is 4.79 Å². The molecule has 5 nitrogen and oxygen atoms in total. The number of rotatable bonds is 5. The Morgan fingerprint density at radius 3 is 2.65 bits per heavy atom. The number of aromatic nitrogens is 1. The first kappa shape index (κ1) is 22.8. The lowest BCUT2D eigenvalue weighted by molar-refractivity contribution is -0.162. The minimum Gasteiger partial charge on any atom is -0.489 e. The number of amides is 1. The van der Waals surface area contributed by atoms with E-state index in [4.69, 9.17) is 9.47 Å². The van der Waals surface area contributed by atoms with Crippen molar-refractivity contribution in [2.75, 3.05) is 14.2 Å². The van der Waals surface area contributed by atoms with Gasteiger partial charge >= 0.3 is 0 Å². The van der Waals surface area contributed by atoms with E-state index in [1.165, 1.54) is 51.4 Å². The molecule has 0 aromatic carbocycles. The number of hydrogen-bond donors (Lipinski definition) is 1. The molecule has 34 heavy (non-hydrogen) atoms. The number of nitrogens with zero attached hydrogens (tertiary/aromatic N) is 1. The van der Waals surface area contributed by atoms with E-state index in [0.717, 1.165) is 29.4 Å². The van der Waals surface area contributed by atoms with E-state index < -0.39 is 0 Å². The van der Waals surface area contributed by atoms with Crippen molar-refractivity contribution >= 4 is 5.91 Å². The zero-order valence-corrected chi connectivity index (χ0v) is 21.6. The topological polar surface area (TPSA) is 60.5 Å². The van der Waals surface area contributed by atoms with Gasteiger partial charge in [-0.15, -0.1) is 0 Å². The van der Waals surface area contributed by atoms with Gasteiger partial charge in [-0.3, -0.25) is 4.79 Å². The van der Waals surface area contributed by atoms with Gasteiger partial charge in [0.05, 0.1) is 18.4 Å². The number of methoxy groups -OCH3 is 1. The molecule has 0 aliphatic heterocycles. The molecule has 0 bridgehead atoms. The number of pyridine rings is 1. The Hall–Kier alpha value is -1.62. The van der Waals surface area contributed by atoms with Gasteiger partial charge in [-0.2, -0.15) is 0 Å². The van der Waals surface area contributed by atoms with Gasteiger partial charge < -0.3 is 14.8 Å². The summed E-state index contributed by atoms with van der Waals surface area (Å²) in [4.78, 5) is 16.1. The molecule has 1 N–H and O–H groups in total. The Morgan fingerprint density at radius 2 is 1.97 bits per heavy atom.